The van der Waals surface area contributed by atoms with Gasteiger partial charge in [-0.05, 0) is 42.9 Å². The van der Waals surface area contributed by atoms with E-state index >= 15 is 0 Å². The van der Waals surface area contributed by atoms with Gasteiger partial charge in [0.15, 0.2) is 0 Å². The smallest absolute Gasteiger partial charge is 0.388 e. The number of benzene rings is 1. The Kier molecular flexibility index (Phi) is 4.65. The number of halogens is 4. The first-order chi connectivity index (χ1) is 9.38. The van der Waals surface area contributed by atoms with Gasteiger partial charge >= 0.3 is 6.18 Å². The normalized spacial score (nSPS) is 19.1. The first-order valence-corrected chi connectivity index (χ1v) is 6.50. The van der Waals surface area contributed by atoms with Gasteiger partial charge in [-0.2, -0.15) is 13.2 Å². The van der Waals surface area contributed by atoms with Crippen molar-refractivity contribution in [1.82, 2.24) is 0 Å². The summed E-state index contributed by atoms with van der Waals surface area (Å²) in [5.41, 5.74) is -1.36. The van der Waals surface area contributed by atoms with E-state index in [2.05, 4.69) is 0 Å². The van der Waals surface area contributed by atoms with Crippen LogP contribution < -0.4 is 0 Å². The van der Waals surface area contributed by atoms with Gasteiger partial charge in [0, 0.05) is 13.2 Å². The molecule has 2 rings (SSSR count). The van der Waals surface area contributed by atoms with Crippen molar-refractivity contribution in [3.05, 3.63) is 35.1 Å². The fourth-order valence-corrected chi connectivity index (χ4v) is 2.49. The Hall–Kier alpha value is -1.14. The van der Waals surface area contributed by atoms with Gasteiger partial charge in [-0.15, -0.1) is 0 Å². The Bertz CT molecular complexity index is 453. The van der Waals surface area contributed by atoms with Crippen LogP contribution in [0.3, 0.4) is 0 Å². The second-order valence-electron chi connectivity index (χ2n) is 5.04. The van der Waals surface area contributed by atoms with Gasteiger partial charge in [0.1, 0.15) is 5.82 Å². The molecule has 20 heavy (non-hydrogen) atoms. The molecule has 0 amide bonds. The molecular weight excluding hydrogens is 276 g/mol. The van der Waals surface area contributed by atoms with E-state index in [1.807, 2.05) is 0 Å². The van der Waals surface area contributed by atoms with Crippen molar-refractivity contribution >= 4 is 0 Å². The van der Waals surface area contributed by atoms with Gasteiger partial charge in [0.05, 0.1) is 11.7 Å². The van der Waals surface area contributed by atoms with Crippen molar-refractivity contribution in [3.8, 4) is 0 Å². The van der Waals surface area contributed by atoms with E-state index in [-0.39, 0.29) is 17.9 Å². The van der Waals surface area contributed by atoms with Crippen molar-refractivity contribution in [2.75, 3.05) is 13.2 Å². The van der Waals surface area contributed by atoms with Crippen LogP contribution in [-0.4, -0.2) is 18.3 Å². The van der Waals surface area contributed by atoms with Crippen LogP contribution in [0.5, 0.6) is 0 Å². The molecule has 0 aliphatic carbocycles. The molecule has 1 aliphatic rings. The van der Waals surface area contributed by atoms with Crippen molar-refractivity contribution in [2.24, 2.45) is 5.92 Å². The lowest BCUT2D eigenvalue weighted by molar-refractivity contribution is -0.139. The SMILES string of the molecule is OC(CC1CCOCC1)c1ccc(F)cc1C(F)(F)F. The molecule has 1 aromatic carbocycles. The second-order valence-corrected chi connectivity index (χ2v) is 5.04. The van der Waals surface area contributed by atoms with Crippen molar-refractivity contribution in [2.45, 2.75) is 31.5 Å². The maximum absolute atomic E-state index is 13.0. The Morgan fingerprint density at radius 2 is 1.90 bits per heavy atom. The van der Waals surface area contributed by atoms with E-state index in [4.69, 9.17) is 4.74 Å². The molecule has 1 aliphatic heterocycles. The number of hydrogen-bond donors (Lipinski definition) is 1. The summed E-state index contributed by atoms with van der Waals surface area (Å²) in [5.74, 6) is -0.829. The first-order valence-electron chi connectivity index (χ1n) is 6.50. The molecule has 1 N–H and O–H groups in total. The molecular formula is C14H16F4O2. The van der Waals surface area contributed by atoms with Gasteiger partial charge in [-0.25, -0.2) is 4.39 Å². The minimum absolute atomic E-state index is 0.130. The van der Waals surface area contributed by atoms with Crippen LogP contribution in [0.15, 0.2) is 18.2 Å². The molecule has 0 bridgehead atoms. The predicted octanol–water partition coefficient (Wildman–Crippen LogP) is 3.69. The molecule has 0 saturated carbocycles. The summed E-state index contributed by atoms with van der Waals surface area (Å²) < 4.78 is 56.8. The van der Waals surface area contributed by atoms with Gasteiger partial charge < -0.3 is 9.84 Å². The standard InChI is InChI=1S/C14H16F4O2/c15-10-1-2-11(12(8-10)14(16,17)18)13(19)7-9-3-5-20-6-4-9/h1-2,8-9,13,19H,3-7H2. The molecule has 2 nitrogen and oxygen atoms in total. The number of rotatable bonds is 3. The highest BCUT2D eigenvalue weighted by atomic mass is 19.4. The summed E-state index contributed by atoms with van der Waals surface area (Å²) in [6, 6.07) is 2.39. The largest absolute Gasteiger partial charge is 0.416 e. The van der Waals surface area contributed by atoms with E-state index in [1.165, 1.54) is 0 Å². The number of alkyl halides is 3. The van der Waals surface area contributed by atoms with Gasteiger partial charge in [-0.1, -0.05) is 6.07 Å². The van der Waals surface area contributed by atoms with E-state index in [0.717, 1.165) is 25.0 Å². The highest BCUT2D eigenvalue weighted by molar-refractivity contribution is 5.32. The molecule has 1 heterocycles. The predicted molar refractivity (Wildman–Crippen MR) is 64.5 cm³/mol. The zero-order chi connectivity index (χ0) is 14.8. The summed E-state index contributed by atoms with van der Waals surface area (Å²) in [5, 5.41) is 10.0. The van der Waals surface area contributed by atoms with Crippen LogP contribution in [0.4, 0.5) is 17.6 Å². The van der Waals surface area contributed by atoms with Crippen LogP contribution >= 0.6 is 0 Å². The summed E-state index contributed by atoms with van der Waals surface area (Å²) in [6.45, 7) is 1.12. The highest BCUT2D eigenvalue weighted by Gasteiger charge is 2.36. The van der Waals surface area contributed by atoms with Crippen molar-refractivity contribution in [3.63, 3.8) is 0 Å². The van der Waals surface area contributed by atoms with Gasteiger partial charge in [0.2, 0.25) is 0 Å². The quantitative estimate of drug-likeness (QED) is 0.861. The molecule has 112 valence electrons. The Labute approximate surface area is 114 Å². The fraction of sp³-hybridized carbons (Fsp3) is 0.571. The number of aliphatic hydroxyl groups excluding tert-OH is 1. The Morgan fingerprint density at radius 1 is 1.25 bits per heavy atom. The van der Waals surface area contributed by atoms with Crippen molar-refractivity contribution < 1.29 is 27.4 Å². The fourth-order valence-electron chi connectivity index (χ4n) is 2.49. The van der Waals surface area contributed by atoms with Crippen LogP contribution in [0.25, 0.3) is 0 Å². The molecule has 0 radical (unpaired) electrons. The average Bonchev–Trinajstić information content (AvgIpc) is 2.38. The lowest BCUT2D eigenvalue weighted by atomic mass is 9.89. The summed E-state index contributed by atoms with van der Waals surface area (Å²) >= 11 is 0. The topological polar surface area (TPSA) is 29.5 Å². The van der Waals surface area contributed by atoms with E-state index < -0.39 is 23.7 Å². The third-order valence-corrected chi connectivity index (χ3v) is 3.58. The minimum atomic E-state index is -4.67. The third-order valence-electron chi connectivity index (χ3n) is 3.58. The second kappa shape index (κ2) is 6.10. The zero-order valence-electron chi connectivity index (χ0n) is 10.8. The van der Waals surface area contributed by atoms with Gasteiger partial charge in [0.25, 0.3) is 0 Å². The van der Waals surface area contributed by atoms with Gasteiger partial charge in [-0.3, -0.25) is 0 Å². The lowest BCUT2D eigenvalue weighted by Gasteiger charge is -2.25. The lowest BCUT2D eigenvalue weighted by Crippen LogP contribution is -2.19. The summed E-state index contributed by atoms with van der Waals surface area (Å²) in [7, 11) is 0. The maximum Gasteiger partial charge on any atom is 0.416 e. The maximum atomic E-state index is 13.0. The average molecular weight is 292 g/mol. The monoisotopic (exact) mass is 292 g/mol. The van der Waals surface area contributed by atoms with Crippen LogP contribution in [0.2, 0.25) is 0 Å². The Morgan fingerprint density at radius 3 is 2.50 bits per heavy atom. The summed E-state index contributed by atoms with van der Waals surface area (Å²) in [4.78, 5) is 0. The third kappa shape index (κ3) is 3.70. The minimum Gasteiger partial charge on any atom is -0.388 e. The molecule has 1 aromatic rings. The molecule has 1 fully saturated rings. The molecule has 1 unspecified atom stereocenters. The number of ether oxygens (including phenoxy) is 1. The van der Waals surface area contributed by atoms with Crippen molar-refractivity contribution in [1.29, 1.82) is 0 Å². The van der Waals surface area contributed by atoms with Crippen LogP contribution in [0.1, 0.15) is 36.5 Å². The molecule has 0 aromatic heterocycles. The van der Waals surface area contributed by atoms with Crippen LogP contribution in [0, 0.1) is 11.7 Å². The number of hydrogen-bond acceptors (Lipinski definition) is 2. The molecule has 6 heteroatoms. The van der Waals surface area contributed by atoms with Crippen LogP contribution in [-0.2, 0) is 10.9 Å². The Balaban J connectivity index is 2.18. The van der Waals surface area contributed by atoms with E-state index in [0.29, 0.717) is 19.3 Å². The number of aliphatic hydroxyl groups is 1. The first kappa shape index (κ1) is 15.3. The molecule has 0 spiro atoms. The zero-order valence-corrected chi connectivity index (χ0v) is 10.8. The highest BCUT2D eigenvalue weighted by Crippen LogP contribution is 2.37. The molecule has 1 saturated heterocycles. The van der Waals surface area contributed by atoms with E-state index in [1.54, 1.807) is 0 Å². The summed E-state index contributed by atoms with van der Waals surface area (Å²) in [6.07, 6.45) is -4.24. The molecule has 1 atom stereocenters. The van der Waals surface area contributed by atoms with E-state index in [9.17, 15) is 22.7 Å².